The summed E-state index contributed by atoms with van der Waals surface area (Å²) in [6.45, 7) is 7.12. The molecule has 0 aliphatic rings. The Hall–Kier alpha value is -1.19. The van der Waals surface area contributed by atoms with E-state index in [1.165, 1.54) is 21.6 Å². The lowest BCUT2D eigenvalue weighted by molar-refractivity contribution is 0.836. The molecule has 0 atom stereocenters. The van der Waals surface area contributed by atoms with Gasteiger partial charge in [-0.3, -0.25) is 0 Å². The number of aryl methyl sites for hydroxylation is 4. The van der Waals surface area contributed by atoms with Gasteiger partial charge in [-0.2, -0.15) is 0 Å². The van der Waals surface area contributed by atoms with Crippen molar-refractivity contribution in [1.29, 1.82) is 0 Å². The SMILES string of the molecule is Cc1ccc(-c2nc(C)c(CCCN)s2)cc1C. The number of nitrogens with two attached hydrogens (primary N) is 1. The van der Waals surface area contributed by atoms with Crippen molar-refractivity contribution in [3.8, 4) is 10.6 Å². The average molecular weight is 260 g/mol. The van der Waals surface area contributed by atoms with Crippen molar-refractivity contribution in [2.45, 2.75) is 33.6 Å². The summed E-state index contributed by atoms with van der Waals surface area (Å²) in [6.07, 6.45) is 2.08. The van der Waals surface area contributed by atoms with Gasteiger partial charge in [-0.05, 0) is 57.4 Å². The first-order chi connectivity index (χ1) is 8.61. The third-order valence-corrected chi connectivity index (χ3v) is 4.52. The van der Waals surface area contributed by atoms with Crippen molar-refractivity contribution in [2.24, 2.45) is 5.73 Å². The van der Waals surface area contributed by atoms with Gasteiger partial charge in [-0.1, -0.05) is 12.1 Å². The molecule has 0 saturated heterocycles. The van der Waals surface area contributed by atoms with E-state index in [-0.39, 0.29) is 0 Å². The second-order valence-electron chi connectivity index (χ2n) is 4.72. The fourth-order valence-electron chi connectivity index (χ4n) is 1.92. The van der Waals surface area contributed by atoms with E-state index in [1.807, 2.05) is 0 Å². The van der Waals surface area contributed by atoms with E-state index in [0.717, 1.165) is 30.1 Å². The van der Waals surface area contributed by atoms with Crippen molar-refractivity contribution in [3.05, 3.63) is 39.9 Å². The molecule has 0 bridgehead atoms. The highest BCUT2D eigenvalue weighted by molar-refractivity contribution is 7.15. The lowest BCUT2D eigenvalue weighted by atomic mass is 10.1. The third-order valence-electron chi connectivity index (χ3n) is 3.25. The summed E-state index contributed by atoms with van der Waals surface area (Å²) in [5, 5.41) is 1.13. The maximum absolute atomic E-state index is 5.57. The first-order valence-electron chi connectivity index (χ1n) is 6.36. The van der Waals surface area contributed by atoms with Gasteiger partial charge in [-0.15, -0.1) is 11.3 Å². The molecule has 0 aliphatic heterocycles. The average Bonchev–Trinajstić information content (AvgIpc) is 2.72. The van der Waals surface area contributed by atoms with Gasteiger partial charge in [-0.25, -0.2) is 4.98 Å². The molecule has 0 aliphatic carbocycles. The third kappa shape index (κ3) is 2.79. The number of hydrogen-bond acceptors (Lipinski definition) is 3. The first-order valence-corrected chi connectivity index (χ1v) is 7.17. The molecule has 0 saturated carbocycles. The zero-order valence-corrected chi connectivity index (χ0v) is 12.1. The van der Waals surface area contributed by atoms with Gasteiger partial charge in [0.1, 0.15) is 5.01 Å². The maximum atomic E-state index is 5.57. The van der Waals surface area contributed by atoms with E-state index in [2.05, 4.69) is 44.0 Å². The summed E-state index contributed by atoms with van der Waals surface area (Å²) >= 11 is 1.80. The van der Waals surface area contributed by atoms with E-state index in [0.29, 0.717) is 0 Å². The van der Waals surface area contributed by atoms with Crippen LogP contribution in [0.25, 0.3) is 10.6 Å². The topological polar surface area (TPSA) is 38.9 Å². The molecule has 1 aromatic carbocycles. The predicted octanol–water partition coefficient (Wildman–Crippen LogP) is 3.63. The molecule has 0 radical (unpaired) electrons. The molecule has 2 nitrogen and oxygen atoms in total. The lowest BCUT2D eigenvalue weighted by Gasteiger charge is -2.01. The van der Waals surface area contributed by atoms with Crippen molar-refractivity contribution < 1.29 is 0 Å². The second kappa shape index (κ2) is 5.63. The Balaban J connectivity index is 2.30. The molecule has 2 N–H and O–H groups in total. The van der Waals surface area contributed by atoms with Crippen LogP contribution in [-0.4, -0.2) is 11.5 Å². The zero-order valence-electron chi connectivity index (χ0n) is 11.3. The van der Waals surface area contributed by atoms with Gasteiger partial charge in [0.05, 0.1) is 5.69 Å². The summed E-state index contributed by atoms with van der Waals surface area (Å²) < 4.78 is 0. The predicted molar refractivity (Wildman–Crippen MR) is 79.1 cm³/mol. The molecule has 3 heteroatoms. The summed E-state index contributed by atoms with van der Waals surface area (Å²) in [4.78, 5) is 6.05. The van der Waals surface area contributed by atoms with Crippen molar-refractivity contribution in [1.82, 2.24) is 4.98 Å². The van der Waals surface area contributed by atoms with Crippen LogP contribution in [0.5, 0.6) is 0 Å². The number of rotatable bonds is 4. The molecule has 0 unspecified atom stereocenters. The Labute approximate surface area is 113 Å². The Morgan fingerprint density at radius 2 is 1.94 bits per heavy atom. The molecule has 0 spiro atoms. The van der Waals surface area contributed by atoms with Gasteiger partial charge >= 0.3 is 0 Å². The van der Waals surface area contributed by atoms with E-state index in [9.17, 15) is 0 Å². The van der Waals surface area contributed by atoms with E-state index in [4.69, 9.17) is 5.73 Å². The van der Waals surface area contributed by atoms with Crippen LogP contribution in [0, 0.1) is 20.8 Å². The van der Waals surface area contributed by atoms with Crippen LogP contribution in [-0.2, 0) is 6.42 Å². The summed E-state index contributed by atoms with van der Waals surface area (Å²) in [5.41, 5.74) is 10.6. The summed E-state index contributed by atoms with van der Waals surface area (Å²) in [6, 6.07) is 6.55. The minimum atomic E-state index is 0.746. The van der Waals surface area contributed by atoms with Gasteiger partial charge < -0.3 is 5.73 Å². The molecule has 96 valence electrons. The number of nitrogens with zero attached hydrogens (tertiary/aromatic N) is 1. The molecule has 1 heterocycles. The first kappa shape index (κ1) is 13.2. The Morgan fingerprint density at radius 1 is 1.17 bits per heavy atom. The van der Waals surface area contributed by atoms with Crippen molar-refractivity contribution in [2.75, 3.05) is 6.54 Å². The molecule has 2 aromatic rings. The molecule has 18 heavy (non-hydrogen) atoms. The molecule has 0 amide bonds. The largest absolute Gasteiger partial charge is 0.330 e. The number of hydrogen-bond donors (Lipinski definition) is 1. The van der Waals surface area contributed by atoms with Gasteiger partial charge in [0.15, 0.2) is 0 Å². The van der Waals surface area contributed by atoms with Crippen molar-refractivity contribution in [3.63, 3.8) is 0 Å². The molecule has 1 aromatic heterocycles. The minimum Gasteiger partial charge on any atom is -0.330 e. The van der Waals surface area contributed by atoms with Gasteiger partial charge in [0.2, 0.25) is 0 Å². The second-order valence-corrected chi connectivity index (χ2v) is 5.80. The number of aromatic nitrogens is 1. The van der Waals surface area contributed by atoms with Crippen LogP contribution in [0.4, 0.5) is 0 Å². The van der Waals surface area contributed by atoms with Crippen LogP contribution in [0.1, 0.15) is 28.1 Å². The normalized spacial score (nSPS) is 10.9. The number of thiazole rings is 1. The lowest BCUT2D eigenvalue weighted by Crippen LogP contribution is -1.99. The highest BCUT2D eigenvalue weighted by atomic mass is 32.1. The highest BCUT2D eigenvalue weighted by Crippen LogP contribution is 2.29. The van der Waals surface area contributed by atoms with Crippen LogP contribution < -0.4 is 5.73 Å². The Bertz CT molecular complexity index is 543. The van der Waals surface area contributed by atoms with Crippen LogP contribution >= 0.6 is 11.3 Å². The van der Waals surface area contributed by atoms with Crippen molar-refractivity contribution >= 4 is 11.3 Å². The monoisotopic (exact) mass is 260 g/mol. The summed E-state index contributed by atoms with van der Waals surface area (Å²) in [7, 11) is 0. The summed E-state index contributed by atoms with van der Waals surface area (Å²) in [5.74, 6) is 0. The van der Waals surface area contributed by atoms with E-state index >= 15 is 0 Å². The van der Waals surface area contributed by atoms with Gasteiger partial charge in [0.25, 0.3) is 0 Å². The molecule has 2 rings (SSSR count). The number of benzene rings is 1. The van der Waals surface area contributed by atoms with Crippen LogP contribution in [0.15, 0.2) is 18.2 Å². The Morgan fingerprint density at radius 3 is 2.61 bits per heavy atom. The quantitative estimate of drug-likeness (QED) is 0.911. The molecular formula is C15H20N2S. The highest BCUT2D eigenvalue weighted by Gasteiger charge is 2.09. The fourth-order valence-corrected chi connectivity index (χ4v) is 3.02. The van der Waals surface area contributed by atoms with E-state index in [1.54, 1.807) is 11.3 Å². The maximum Gasteiger partial charge on any atom is 0.123 e. The smallest absolute Gasteiger partial charge is 0.123 e. The molecular weight excluding hydrogens is 240 g/mol. The van der Waals surface area contributed by atoms with Crippen LogP contribution in [0.2, 0.25) is 0 Å². The Kier molecular flexibility index (Phi) is 4.15. The zero-order chi connectivity index (χ0) is 13.1. The fraction of sp³-hybridized carbons (Fsp3) is 0.400. The standard InChI is InChI=1S/C15H20N2S/c1-10-6-7-13(9-11(10)2)15-17-12(3)14(18-15)5-4-8-16/h6-7,9H,4-5,8,16H2,1-3H3. The van der Waals surface area contributed by atoms with E-state index < -0.39 is 0 Å². The minimum absolute atomic E-state index is 0.746. The molecule has 0 fully saturated rings. The van der Waals surface area contributed by atoms with Gasteiger partial charge in [0, 0.05) is 10.4 Å². The van der Waals surface area contributed by atoms with Crippen LogP contribution in [0.3, 0.4) is 0 Å².